The second-order valence-electron chi connectivity index (χ2n) is 9.84. The van der Waals surface area contributed by atoms with Crippen molar-refractivity contribution in [3.63, 3.8) is 0 Å². The summed E-state index contributed by atoms with van der Waals surface area (Å²) in [4.78, 5) is 15.5. The molecule has 4 rings (SSSR count). The topological polar surface area (TPSA) is 120 Å². The Morgan fingerprint density at radius 1 is 0.972 bits per heavy atom. The molecule has 2 aliphatic rings. The van der Waals surface area contributed by atoms with Crippen molar-refractivity contribution in [2.75, 3.05) is 18.0 Å². The van der Waals surface area contributed by atoms with Crippen molar-refractivity contribution in [2.45, 2.75) is 69.2 Å². The van der Waals surface area contributed by atoms with Gasteiger partial charge in [0.25, 0.3) is 0 Å². The molecule has 1 heterocycles. The van der Waals surface area contributed by atoms with E-state index >= 15 is 0 Å². The van der Waals surface area contributed by atoms with Gasteiger partial charge in [0, 0.05) is 36.4 Å². The number of nitrogens with zero attached hydrogens (tertiary/aromatic N) is 2. The number of anilines is 1. The Hall–Kier alpha value is -2.91. The Labute approximate surface area is 214 Å². The molecule has 2 fully saturated rings. The third-order valence-corrected chi connectivity index (χ3v) is 9.06. The number of hydrogen-bond acceptors (Lipinski definition) is 4. The lowest BCUT2D eigenvalue weighted by molar-refractivity contribution is 0.230. The Morgan fingerprint density at radius 2 is 1.64 bits per heavy atom. The zero-order valence-corrected chi connectivity index (χ0v) is 21.6. The molecule has 1 aliphatic carbocycles. The van der Waals surface area contributed by atoms with Gasteiger partial charge in [-0.3, -0.25) is 10.3 Å². The van der Waals surface area contributed by atoms with Gasteiger partial charge in [-0.15, -0.1) is 0 Å². The van der Waals surface area contributed by atoms with Gasteiger partial charge in [-0.1, -0.05) is 68.1 Å². The van der Waals surface area contributed by atoms with Crippen molar-refractivity contribution in [3.8, 4) is 0 Å². The van der Waals surface area contributed by atoms with Crippen molar-refractivity contribution in [1.29, 1.82) is 5.41 Å². The van der Waals surface area contributed by atoms with Gasteiger partial charge in [-0.25, -0.2) is 17.5 Å². The molecule has 1 aliphatic heterocycles. The number of nitrogens with one attached hydrogen (secondary N) is 2. The highest BCUT2D eigenvalue weighted by molar-refractivity contribution is 7.88. The molecule has 4 N–H and O–H groups in total. The van der Waals surface area contributed by atoms with Crippen LogP contribution in [0.4, 0.5) is 10.5 Å². The first-order valence-corrected chi connectivity index (χ1v) is 14.5. The molecule has 0 spiro atoms. The number of carbonyl (C=O) groups excluding carboxylic acids is 1. The molecule has 0 bridgehead atoms. The Bertz CT molecular complexity index is 1140. The van der Waals surface area contributed by atoms with E-state index < -0.39 is 10.0 Å². The summed E-state index contributed by atoms with van der Waals surface area (Å²) >= 11 is 0. The number of piperidine rings is 1. The Balaban J connectivity index is 1.43. The van der Waals surface area contributed by atoms with Crippen LogP contribution < -0.4 is 16.0 Å². The highest BCUT2D eigenvalue weighted by Gasteiger charge is 2.32. The van der Waals surface area contributed by atoms with Crippen molar-refractivity contribution in [2.24, 2.45) is 5.73 Å². The van der Waals surface area contributed by atoms with E-state index in [-0.39, 0.29) is 29.7 Å². The van der Waals surface area contributed by atoms with Crippen LogP contribution in [0.15, 0.2) is 54.6 Å². The molecular weight excluding hydrogens is 474 g/mol. The molecule has 1 saturated carbocycles. The van der Waals surface area contributed by atoms with E-state index in [9.17, 15) is 13.2 Å². The van der Waals surface area contributed by atoms with Crippen LogP contribution in [-0.2, 0) is 15.8 Å². The third-order valence-electron chi connectivity index (χ3n) is 7.21. The normalized spacial score (nSPS) is 18.3. The fraction of sp³-hybridized carbons (Fsp3) is 0.481. The van der Waals surface area contributed by atoms with Crippen LogP contribution in [0.2, 0.25) is 0 Å². The first-order chi connectivity index (χ1) is 17.3. The van der Waals surface area contributed by atoms with E-state index in [1.54, 1.807) is 10.4 Å². The monoisotopic (exact) mass is 511 g/mol. The molecule has 0 aromatic heterocycles. The predicted molar refractivity (Wildman–Crippen MR) is 144 cm³/mol. The van der Waals surface area contributed by atoms with E-state index in [2.05, 4.69) is 5.32 Å². The first-order valence-electron chi connectivity index (χ1n) is 12.9. The molecule has 2 aromatic rings. The molecule has 2 aromatic carbocycles. The second-order valence-corrected chi connectivity index (χ2v) is 11.8. The number of carbonyl (C=O) groups is 1. The molecule has 0 atom stereocenters. The highest BCUT2D eigenvalue weighted by atomic mass is 32.2. The summed E-state index contributed by atoms with van der Waals surface area (Å²) in [6, 6.07) is 16.4. The van der Waals surface area contributed by atoms with Crippen LogP contribution >= 0.6 is 0 Å². The number of urea groups is 1. The van der Waals surface area contributed by atoms with Gasteiger partial charge in [0.05, 0.1) is 5.75 Å². The lowest BCUT2D eigenvalue weighted by Gasteiger charge is -2.36. The maximum absolute atomic E-state index is 13.6. The highest BCUT2D eigenvalue weighted by Crippen LogP contribution is 2.28. The number of benzene rings is 2. The summed E-state index contributed by atoms with van der Waals surface area (Å²) in [5.74, 6) is -0.0329. The molecule has 8 nitrogen and oxygen atoms in total. The Morgan fingerprint density at radius 3 is 2.28 bits per heavy atom. The van der Waals surface area contributed by atoms with Crippen molar-refractivity contribution in [3.05, 3.63) is 65.7 Å². The zero-order valence-electron chi connectivity index (χ0n) is 20.7. The van der Waals surface area contributed by atoms with Crippen LogP contribution in [-0.4, -0.2) is 49.8 Å². The SMILES string of the molecule is N=C(N)c1cccc(N(C(=O)NC2CCN(S(=O)(=O)Cc3ccccc3)CC2)C2CCCCCC2)c1. The largest absolute Gasteiger partial charge is 0.384 e. The molecule has 0 unspecified atom stereocenters. The van der Waals surface area contributed by atoms with E-state index in [4.69, 9.17) is 11.1 Å². The van der Waals surface area contributed by atoms with Crippen molar-refractivity contribution in [1.82, 2.24) is 9.62 Å². The lowest BCUT2D eigenvalue weighted by Crippen LogP contribution is -2.53. The van der Waals surface area contributed by atoms with E-state index in [0.29, 0.717) is 31.5 Å². The van der Waals surface area contributed by atoms with E-state index in [0.717, 1.165) is 36.9 Å². The number of amides is 2. The van der Waals surface area contributed by atoms with Crippen LogP contribution in [0, 0.1) is 5.41 Å². The van der Waals surface area contributed by atoms with Gasteiger partial charge >= 0.3 is 6.03 Å². The van der Waals surface area contributed by atoms with Gasteiger partial charge < -0.3 is 11.1 Å². The average molecular weight is 512 g/mol. The average Bonchev–Trinajstić information content (AvgIpc) is 3.14. The molecule has 0 radical (unpaired) electrons. The molecule has 1 saturated heterocycles. The van der Waals surface area contributed by atoms with Gasteiger partial charge in [0.1, 0.15) is 5.84 Å². The number of nitrogens with two attached hydrogens (primary N) is 1. The van der Waals surface area contributed by atoms with Crippen LogP contribution in [0.1, 0.15) is 62.5 Å². The minimum absolute atomic E-state index is 0.00713. The van der Waals surface area contributed by atoms with Gasteiger partial charge in [-0.2, -0.15) is 0 Å². The second kappa shape index (κ2) is 11.9. The molecule has 194 valence electrons. The summed E-state index contributed by atoms with van der Waals surface area (Å²) in [5, 5.41) is 11.0. The minimum Gasteiger partial charge on any atom is -0.384 e. The smallest absolute Gasteiger partial charge is 0.322 e. The summed E-state index contributed by atoms with van der Waals surface area (Å²) in [7, 11) is -3.40. The van der Waals surface area contributed by atoms with Crippen molar-refractivity contribution < 1.29 is 13.2 Å². The van der Waals surface area contributed by atoms with Gasteiger partial charge in [-0.05, 0) is 43.4 Å². The van der Waals surface area contributed by atoms with E-state index in [1.807, 2.05) is 53.4 Å². The van der Waals surface area contributed by atoms with E-state index in [1.165, 1.54) is 12.8 Å². The number of sulfonamides is 1. The maximum atomic E-state index is 13.6. The van der Waals surface area contributed by atoms with Crippen LogP contribution in [0.5, 0.6) is 0 Å². The summed E-state index contributed by atoms with van der Waals surface area (Å²) in [5.41, 5.74) is 7.84. The summed E-state index contributed by atoms with van der Waals surface area (Å²) < 4.78 is 27.4. The number of rotatable bonds is 7. The van der Waals surface area contributed by atoms with Crippen LogP contribution in [0.3, 0.4) is 0 Å². The zero-order chi connectivity index (χ0) is 25.5. The standard InChI is InChI=1S/C27H37N5O3S/c28-26(29)22-11-8-14-25(19-22)32(24-12-6-1-2-7-13-24)27(33)30-23-15-17-31(18-16-23)36(34,35)20-21-9-4-3-5-10-21/h3-5,8-11,14,19,23-24H,1-2,6-7,12-13,15-18,20H2,(H3,28,29)(H,30,33). The predicted octanol–water partition coefficient (Wildman–Crippen LogP) is 4.20. The third kappa shape index (κ3) is 6.64. The summed E-state index contributed by atoms with van der Waals surface area (Å²) in [6.07, 6.45) is 7.54. The lowest BCUT2D eigenvalue weighted by atomic mass is 10.0. The maximum Gasteiger partial charge on any atom is 0.322 e. The fourth-order valence-corrected chi connectivity index (χ4v) is 6.80. The first kappa shape index (κ1) is 26.2. The fourth-order valence-electron chi connectivity index (χ4n) is 5.23. The number of amidine groups is 1. The summed E-state index contributed by atoms with van der Waals surface area (Å²) in [6.45, 7) is 0.784. The molecule has 2 amide bonds. The molecule has 9 heteroatoms. The number of nitrogen functional groups attached to an aromatic ring is 1. The van der Waals surface area contributed by atoms with Crippen molar-refractivity contribution >= 4 is 27.6 Å². The van der Waals surface area contributed by atoms with Gasteiger partial charge in [0.2, 0.25) is 10.0 Å². The Kier molecular flexibility index (Phi) is 8.64. The van der Waals surface area contributed by atoms with Gasteiger partial charge in [0.15, 0.2) is 0 Å². The molecular formula is C27H37N5O3S. The minimum atomic E-state index is -3.40. The quantitative estimate of drug-likeness (QED) is 0.293. The van der Waals surface area contributed by atoms with Crippen LogP contribution in [0.25, 0.3) is 0 Å². The number of hydrogen-bond donors (Lipinski definition) is 3. The molecule has 36 heavy (non-hydrogen) atoms.